The lowest BCUT2D eigenvalue weighted by atomic mass is 10.2. The van der Waals surface area contributed by atoms with Gasteiger partial charge >= 0.3 is 0 Å². The van der Waals surface area contributed by atoms with Crippen molar-refractivity contribution in [2.75, 3.05) is 7.11 Å². The van der Waals surface area contributed by atoms with E-state index < -0.39 is 0 Å². The maximum atomic E-state index is 5.65. The van der Waals surface area contributed by atoms with Crippen molar-refractivity contribution in [2.24, 2.45) is 0 Å². The quantitative estimate of drug-likeness (QED) is 0.791. The van der Waals surface area contributed by atoms with E-state index in [0.717, 1.165) is 28.1 Å². The molecule has 0 fully saturated rings. The second-order valence-corrected chi connectivity index (χ2v) is 4.32. The Hall–Kier alpha value is -1.55. The predicted molar refractivity (Wildman–Crippen MR) is 74.2 cm³/mol. The summed E-state index contributed by atoms with van der Waals surface area (Å²) < 4.78 is 10.7. The largest absolute Gasteiger partial charge is 0.497 e. The summed E-state index contributed by atoms with van der Waals surface area (Å²) >= 11 is 3.36. The van der Waals surface area contributed by atoms with E-state index in [0.29, 0.717) is 6.61 Å². The molecule has 0 aliphatic heterocycles. The van der Waals surface area contributed by atoms with Crippen LogP contribution in [-0.4, -0.2) is 12.1 Å². The Morgan fingerprint density at radius 3 is 2.33 bits per heavy atom. The highest BCUT2D eigenvalue weighted by Gasteiger charge is 1.98. The van der Waals surface area contributed by atoms with Gasteiger partial charge in [0.25, 0.3) is 0 Å². The molecular formula is C14H14BrNO2. The Kier molecular flexibility index (Phi) is 4.59. The molecule has 1 heterocycles. The molecule has 0 aliphatic carbocycles. The van der Waals surface area contributed by atoms with E-state index in [2.05, 4.69) is 20.9 Å². The van der Waals surface area contributed by atoms with Crippen molar-refractivity contribution in [3.63, 3.8) is 0 Å². The zero-order valence-electron chi connectivity index (χ0n) is 10.1. The SMILES string of the molecule is COc1ccc(COc2ccc(CBr)nc2)cc1. The molecule has 0 unspecified atom stereocenters. The van der Waals surface area contributed by atoms with Gasteiger partial charge in [0.15, 0.2) is 0 Å². The van der Waals surface area contributed by atoms with Gasteiger partial charge in [0.05, 0.1) is 19.0 Å². The molecule has 0 atom stereocenters. The third-order valence-corrected chi connectivity index (χ3v) is 3.07. The normalized spacial score (nSPS) is 10.1. The smallest absolute Gasteiger partial charge is 0.138 e. The van der Waals surface area contributed by atoms with Crippen LogP contribution in [0.3, 0.4) is 0 Å². The molecule has 4 heteroatoms. The van der Waals surface area contributed by atoms with Gasteiger partial charge in [0.1, 0.15) is 18.1 Å². The van der Waals surface area contributed by atoms with Crippen LogP contribution in [0, 0.1) is 0 Å². The third kappa shape index (κ3) is 3.47. The van der Waals surface area contributed by atoms with Crippen LogP contribution in [0.4, 0.5) is 0 Å². The minimum Gasteiger partial charge on any atom is -0.497 e. The minimum atomic E-state index is 0.527. The average molecular weight is 308 g/mol. The Balaban J connectivity index is 1.93. The molecule has 0 aliphatic rings. The third-order valence-electron chi connectivity index (χ3n) is 2.50. The van der Waals surface area contributed by atoms with Crippen LogP contribution in [0.5, 0.6) is 11.5 Å². The van der Waals surface area contributed by atoms with Crippen molar-refractivity contribution >= 4 is 15.9 Å². The molecule has 0 bridgehead atoms. The number of alkyl halides is 1. The first-order chi connectivity index (χ1) is 8.81. The van der Waals surface area contributed by atoms with Crippen LogP contribution >= 0.6 is 15.9 Å². The van der Waals surface area contributed by atoms with E-state index in [1.54, 1.807) is 13.3 Å². The van der Waals surface area contributed by atoms with Crippen molar-refractivity contribution < 1.29 is 9.47 Å². The van der Waals surface area contributed by atoms with E-state index in [-0.39, 0.29) is 0 Å². The van der Waals surface area contributed by atoms with Crippen molar-refractivity contribution in [2.45, 2.75) is 11.9 Å². The first-order valence-corrected chi connectivity index (χ1v) is 6.70. The topological polar surface area (TPSA) is 31.4 Å². The zero-order chi connectivity index (χ0) is 12.8. The van der Waals surface area contributed by atoms with Crippen LogP contribution in [0.15, 0.2) is 42.6 Å². The van der Waals surface area contributed by atoms with Gasteiger partial charge in [-0.15, -0.1) is 0 Å². The van der Waals surface area contributed by atoms with Crippen molar-refractivity contribution in [1.29, 1.82) is 0 Å². The summed E-state index contributed by atoms with van der Waals surface area (Å²) in [6, 6.07) is 11.7. The van der Waals surface area contributed by atoms with E-state index in [4.69, 9.17) is 9.47 Å². The molecule has 18 heavy (non-hydrogen) atoms. The van der Waals surface area contributed by atoms with Crippen molar-refractivity contribution in [3.05, 3.63) is 53.9 Å². The van der Waals surface area contributed by atoms with E-state index in [1.807, 2.05) is 36.4 Å². The number of pyridine rings is 1. The van der Waals surface area contributed by atoms with E-state index in [1.165, 1.54) is 0 Å². The molecular weight excluding hydrogens is 294 g/mol. The minimum absolute atomic E-state index is 0.527. The number of hydrogen-bond acceptors (Lipinski definition) is 3. The zero-order valence-corrected chi connectivity index (χ0v) is 11.7. The molecule has 0 saturated carbocycles. The molecule has 0 spiro atoms. The van der Waals surface area contributed by atoms with Crippen molar-refractivity contribution in [3.8, 4) is 11.5 Å². The molecule has 94 valence electrons. The Bertz CT molecular complexity index is 435. The summed E-state index contributed by atoms with van der Waals surface area (Å²) in [6.45, 7) is 0.527. The highest BCUT2D eigenvalue weighted by atomic mass is 79.9. The maximum Gasteiger partial charge on any atom is 0.138 e. The summed E-state index contributed by atoms with van der Waals surface area (Å²) in [5.74, 6) is 1.62. The highest BCUT2D eigenvalue weighted by molar-refractivity contribution is 9.08. The van der Waals surface area contributed by atoms with Crippen LogP contribution in [0.25, 0.3) is 0 Å². The van der Waals surface area contributed by atoms with Crippen molar-refractivity contribution in [1.82, 2.24) is 4.98 Å². The lowest BCUT2D eigenvalue weighted by Gasteiger charge is -2.07. The first-order valence-electron chi connectivity index (χ1n) is 5.58. The predicted octanol–water partition coefficient (Wildman–Crippen LogP) is 3.56. The standard InChI is InChI=1S/C14H14BrNO2/c1-17-13-5-2-11(3-6-13)10-18-14-7-4-12(8-15)16-9-14/h2-7,9H,8,10H2,1H3. The maximum absolute atomic E-state index is 5.65. The van der Waals surface area contributed by atoms with Crippen LogP contribution in [0.2, 0.25) is 0 Å². The summed E-state index contributed by atoms with van der Waals surface area (Å²) in [5, 5.41) is 0.756. The monoisotopic (exact) mass is 307 g/mol. The van der Waals surface area contributed by atoms with Crippen LogP contribution in [0.1, 0.15) is 11.3 Å². The molecule has 3 nitrogen and oxygen atoms in total. The molecule has 2 rings (SSSR count). The summed E-state index contributed by atoms with van der Waals surface area (Å²) in [5.41, 5.74) is 2.09. The number of aromatic nitrogens is 1. The number of rotatable bonds is 5. The Morgan fingerprint density at radius 2 is 1.78 bits per heavy atom. The van der Waals surface area contributed by atoms with Gasteiger partial charge in [0.2, 0.25) is 0 Å². The summed E-state index contributed by atoms with van der Waals surface area (Å²) in [4.78, 5) is 4.24. The molecule has 2 aromatic rings. The Morgan fingerprint density at radius 1 is 1.06 bits per heavy atom. The molecule has 1 aromatic carbocycles. The molecule has 0 amide bonds. The second kappa shape index (κ2) is 6.40. The molecule has 1 aromatic heterocycles. The molecule has 0 radical (unpaired) electrons. The van der Waals surface area contributed by atoms with Crippen LogP contribution < -0.4 is 9.47 Å². The van der Waals surface area contributed by atoms with E-state index >= 15 is 0 Å². The average Bonchev–Trinajstić information content (AvgIpc) is 2.46. The molecule has 0 N–H and O–H groups in total. The van der Waals surface area contributed by atoms with Gasteiger partial charge in [-0.05, 0) is 29.8 Å². The van der Waals surface area contributed by atoms with Gasteiger partial charge in [-0.25, -0.2) is 0 Å². The van der Waals surface area contributed by atoms with Gasteiger partial charge in [-0.2, -0.15) is 0 Å². The number of hydrogen-bond donors (Lipinski definition) is 0. The summed E-state index contributed by atoms with van der Waals surface area (Å²) in [6.07, 6.45) is 1.74. The van der Waals surface area contributed by atoms with Gasteiger partial charge < -0.3 is 9.47 Å². The van der Waals surface area contributed by atoms with Gasteiger partial charge in [-0.1, -0.05) is 28.1 Å². The number of halogens is 1. The fourth-order valence-electron chi connectivity index (χ4n) is 1.46. The van der Waals surface area contributed by atoms with Gasteiger partial charge in [-0.3, -0.25) is 4.98 Å². The second-order valence-electron chi connectivity index (χ2n) is 3.76. The highest BCUT2D eigenvalue weighted by Crippen LogP contribution is 2.15. The fourth-order valence-corrected chi connectivity index (χ4v) is 1.80. The lowest BCUT2D eigenvalue weighted by Crippen LogP contribution is -1.96. The fraction of sp³-hybridized carbons (Fsp3) is 0.214. The number of nitrogens with zero attached hydrogens (tertiary/aromatic N) is 1. The lowest BCUT2D eigenvalue weighted by molar-refractivity contribution is 0.304. The number of benzene rings is 1. The van der Waals surface area contributed by atoms with E-state index in [9.17, 15) is 0 Å². The summed E-state index contributed by atoms with van der Waals surface area (Å²) in [7, 11) is 1.66. The van der Waals surface area contributed by atoms with Crippen LogP contribution in [-0.2, 0) is 11.9 Å². The van der Waals surface area contributed by atoms with Gasteiger partial charge in [0, 0.05) is 5.33 Å². The molecule has 0 saturated heterocycles. The number of ether oxygens (including phenoxy) is 2. The Labute approximate surface area is 115 Å². The first kappa shape index (κ1) is 12.9. The number of methoxy groups -OCH3 is 1.